The van der Waals surface area contributed by atoms with Gasteiger partial charge < -0.3 is 5.32 Å². The Morgan fingerprint density at radius 3 is 2.38 bits per heavy atom. The minimum Gasteiger partial charge on any atom is -0.314 e. The summed E-state index contributed by atoms with van der Waals surface area (Å²) in [7, 11) is 0. The number of benzene rings is 1. The summed E-state index contributed by atoms with van der Waals surface area (Å²) in [5, 5.41) is 3.12. The topological polar surface area (TPSA) is 15.3 Å². The van der Waals surface area contributed by atoms with Crippen molar-refractivity contribution in [2.24, 2.45) is 0 Å². The molecule has 0 aromatic heterocycles. The van der Waals surface area contributed by atoms with Crippen molar-refractivity contribution in [3.05, 3.63) is 35.1 Å². The molecule has 0 aliphatic carbocycles. The highest BCUT2D eigenvalue weighted by Crippen LogP contribution is 2.35. The first-order valence-corrected chi connectivity index (χ1v) is 6.64. The van der Waals surface area contributed by atoms with Gasteiger partial charge in [-0.05, 0) is 30.2 Å². The normalized spacial score (nSPS) is 18.1. The maximum absolute atomic E-state index is 13.1. The predicted molar refractivity (Wildman–Crippen MR) is 76.2 cm³/mol. The molecule has 1 fully saturated rings. The Hall–Kier alpha value is -0.850. The molecule has 0 spiro atoms. The minimum absolute atomic E-state index is 0. The SMILES string of the molecule is Cc1cc(F)ccc1[C@H](CC(F)(F)F)N1CCNCC1.Cl. The van der Waals surface area contributed by atoms with Gasteiger partial charge in [0.2, 0.25) is 0 Å². The van der Waals surface area contributed by atoms with Gasteiger partial charge in [-0.1, -0.05) is 6.07 Å². The molecule has 1 saturated heterocycles. The standard InChI is InChI=1S/C14H18F4N2.ClH/c1-10-8-11(15)2-3-12(10)13(9-14(16,17)18)20-6-4-19-5-7-20;/h2-3,8,13,19H,4-7,9H2,1H3;1H/t13-;/m0./s1. The molecule has 1 aliphatic heterocycles. The molecule has 120 valence electrons. The molecule has 1 aromatic carbocycles. The van der Waals surface area contributed by atoms with Gasteiger partial charge in [-0.3, -0.25) is 4.90 Å². The molecular weight excluding hydrogens is 308 g/mol. The zero-order valence-corrected chi connectivity index (χ0v) is 12.5. The van der Waals surface area contributed by atoms with Crippen LogP contribution in [0.4, 0.5) is 17.6 Å². The van der Waals surface area contributed by atoms with E-state index in [2.05, 4.69) is 5.32 Å². The molecular formula is C14H19ClF4N2. The summed E-state index contributed by atoms with van der Waals surface area (Å²) in [4.78, 5) is 1.82. The summed E-state index contributed by atoms with van der Waals surface area (Å²) in [5.41, 5.74) is 1.13. The second-order valence-electron chi connectivity index (χ2n) is 5.12. The smallest absolute Gasteiger partial charge is 0.314 e. The number of alkyl halides is 3. The number of nitrogens with one attached hydrogen (secondary N) is 1. The van der Waals surface area contributed by atoms with E-state index in [4.69, 9.17) is 0 Å². The van der Waals surface area contributed by atoms with Crippen LogP contribution in [0.1, 0.15) is 23.6 Å². The van der Waals surface area contributed by atoms with Crippen molar-refractivity contribution in [3.8, 4) is 0 Å². The average Bonchev–Trinajstić information content (AvgIpc) is 2.36. The summed E-state index contributed by atoms with van der Waals surface area (Å²) in [6.07, 6.45) is -5.14. The molecule has 1 aliphatic rings. The first-order valence-electron chi connectivity index (χ1n) is 6.64. The molecule has 0 radical (unpaired) electrons. The van der Waals surface area contributed by atoms with E-state index in [9.17, 15) is 17.6 Å². The second-order valence-corrected chi connectivity index (χ2v) is 5.12. The third-order valence-corrected chi connectivity index (χ3v) is 3.61. The van der Waals surface area contributed by atoms with Crippen LogP contribution in [-0.4, -0.2) is 37.3 Å². The highest BCUT2D eigenvalue weighted by Gasteiger charge is 2.36. The number of hydrogen-bond donors (Lipinski definition) is 1. The molecule has 0 amide bonds. The van der Waals surface area contributed by atoms with Gasteiger partial charge >= 0.3 is 6.18 Å². The lowest BCUT2D eigenvalue weighted by Crippen LogP contribution is -2.46. The number of halogens is 5. The molecule has 1 atom stereocenters. The van der Waals surface area contributed by atoms with Crippen molar-refractivity contribution >= 4 is 12.4 Å². The van der Waals surface area contributed by atoms with Crippen LogP contribution in [0.15, 0.2) is 18.2 Å². The minimum atomic E-state index is -4.24. The van der Waals surface area contributed by atoms with Gasteiger partial charge in [0.05, 0.1) is 6.42 Å². The summed E-state index contributed by atoms with van der Waals surface area (Å²) in [6, 6.07) is 3.26. The van der Waals surface area contributed by atoms with Gasteiger partial charge in [0, 0.05) is 32.2 Å². The zero-order chi connectivity index (χ0) is 14.8. The van der Waals surface area contributed by atoms with Crippen LogP contribution in [0, 0.1) is 12.7 Å². The Morgan fingerprint density at radius 2 is 1.86 bits per heavy atom. The van der Waals surface area contributed by atoms with Gasteiger partial charge in [0.1, 0.15) is 5.82 Å². The molecule has 0 bridgehead atoms. The zero-order valence-electron chi connectivity index (χ0n) is 11.7. The van der Waals surface area contributed by atoms with E-state index >= 15 is 0 Å². The number of nitrogens with zero attached hydrogens (tertiary/aromatic N) is 1. The van der Waals surface area contributed by atoms with E-state index < -0.39 is 24.5 Å². The van der Waals surface area contributed by atoms with Crippen molar-refractivity contribution < 1.29 is 17.6 Å². The van der Waals surface area contributed by atoms with Crippen molar-refractivity contribution in [3.63, 3.8) is 0 Å². The quantitative estimate of drug-likeness (QED) is 0.856. The third-order valence-electron chi connectivity index (χ3n) is 3.61. The Morgan fingerprint density at radius 1 is 1.24 bits per heavy atom. The van der Waals surface area contributed by atoms with Crippen LogP contribution >= 0.6 is 12.4 Å². The fourth-order valence-electron chi connectivity index (χ4n) is 2.66. The predicted octanol–water partition coefficient (Wildman–Crippen LogP) is 3.45. The Labute approximate surface area is 127 Å². The number of aryl methyl sites for hydroxylation is 1. The number of hydrogen-bond acceptors (Lipinski definition) is 2. The summed E-state index contributed by atoms with van der Waals surface area (Å²) >= 11 is 0. The van der Waals surface area contributed by atoms with Crippen molar-refractivity contribution in [2.45, 2.75) is 25.6 Å². The maximum atomic E-state index is 13.1. The lowest BCUT2D eigenvalue weighted by molar-refractivity contribution is -0.148. The van der Waals surface area contributed by atoms with Crippen molar-refractivity contribution in [1.82, 2.24) is 10.2 Å². The van der Waals surface area contributed by atoms with Crippen LogP contribution in [0.2, 0.25) is 0 Å². The molecule has 1 N–H and O–H groups in total. The van der Waals surface area contributed by atoms with E-state index in [1.54, 1.807) is 6.92 Å². The van der Waals surface area contributed by atoms with E-state index in [-0.39, 0.29) is 12.4 Å². The lowest BCUT2D eigenvalue weighted by Gasteiger charge is -2.36. The van der Waals surface area contributed by atoms with E-state index in [0.29, 0.717) is 37.3 Å². The molecule has 2 rings (SSSR count). The fourth-order valence-corrected chi connectivity index (χ4v) is 2.66. The first-order chi connectivity index (χ1) is 9.37. The van der Waals surface area contributed by atoms with Crippen LogP contribution in [0.3, 0.4) is 0 Å². The summed E-state index contributed by atoms with van der Waals surface area (Å²) in [5.74, 6) is -0.419. The average molecular weight is 327 g/mol. The molecule has 1 heterocycles. The number of rotatable bonds is 3. The highest BCUT2D eigenvalue weighted by molar-refractivity contribution is 5.85. The van der Waals surface area contributed by atoms with Gasteiger partial charge in [-0.25, -0.2) is 4.39 Å². The first kappa shape index (κ1) is 18.2. The van der Waals surface area contributed by atoms with Gasteiger partial charge in [0.25, 0.3) is 0 Å². The van der Waals surface area contributed by atoms with E-state index in [1.807, 2.05) is 4.90 Å². The van der Waals surface area contributed by atoms with Crippen LogP contribution in [0.5, 0.6) is 0 Å². The largest absolute Gasteiger partial charge is 0.390 e. The van der Waals surface area contributed by atoms with Gasteiger partial charge in [0.15, 0.2) is 0 Å². The third kappa shape index (κ3) is 5.13. The fraction of sp³-hybridized carbons (Fsp3) is 0.571. The van der Waals surface area contributed by atoms with Crippen molar-refractivity contribution in [2.75, 3.05) is 26.2 Å². The van der Waals surface area contributed by atoms with Crippen LogP contribution < -0.4 is 5.32 Å². The molecule has 7 heteroatoms. The molecule has 2 nitrogen and oxygen atoms in total. The van der Waals surface area contributed by atoms with E-state index in [0.717, 1.165) is 0 Å². The molecule has 0 saturated carbocycles. The van der Waals surface area contributed by atoms with Gasteiger partial charge in [-0.2, -0.15) is 13.2 Å². The summed E-state index contributed by atoms with van der Waals surface area (Å²) < 4.78 is 51.7. The van der Waals surface area contributed by atoms with E-state index in [1.165, 1.54) is 18.2 Å². The number of piperazine rings is 1. The molecule has 1 aromatic rings. The van der Waals surface area contributed by atoms with Crippen LogP contribution in [-0.2, 0) is 0 Å². The maximum Gasteiger partial charge on any atom is 0.390 e. The highest BCUT2D eigenvalue weighted by atomic mass is 35.5. The second kappa shape index (κ2) is 7.42. The van der Waals surface area contributed by atoms with Gasteiger partial charge in [-0.15, -0.1) is 12.4 Å². The Kier molecular flexibility index (Phi) is 6.43. The molecule has 21 heavy (non-hydrogen) atoms. The molecule has 0 unspecified atom stereocenters. The Balaban J connectivity index is 0.00000220. The van der Waals surface area contributed by atoms with Crippen LogP contribution in [0.25, 0.3) is 0 Å². The Bertz CT molecular complexity index is 459. The summed E-state index contributed by atoms with van der Waals surface area (Å²) in [6.45, 7) is 4.14. The monoisotopic (exact) mass is 326 g/mol. The van der Waals surface area contributed by atoms with Crippen molar-refractivity contribution in [1.29, 1.82) is 0 Å². The lowest BCUT2D eigenvalue weighted by atomic mass is 9.96.